The first-order valence-electron chi connectivity index (χ1n) is 3.81. The molecule has 1 rings (SSSR count). The summed E-state index contributed by atoms with van der Waals surface area (Å²) in [6.45, 7) is 5.13. The van der Waals surface area contributed by atoms with Crippen LogP contribution < -0.4 is 0 Å². The molecule has 0 amide bonds. The molecule has 0 saturated heterocycles. The molecule has 0 aromatic carbocycles. The van der Waals surface area contributed by atoms with Crippen LogP contribution in [0.25, 0.3) is 0 Å². The Hall–Kier alpha value is -1.44. The minimum absolute atomic E-state index is 0.000142. The molecular formula is C10H11NO. The number of ketones is 1. The third-order valence-electron chi connectivity index (χ3n) is 1.57. The number of nitrogens with zero attached hydrogens (tertiary/aromatic N) is 1. The third-order valence-corrected chi connectivity index (χ3v) is 1.57. The molecule has 0 spiro atoms. The lowest BCUT2D eigenvalue weighted by molar-refractivity contribution is 0.101. The lowest BCUT2D eigenvalue weighted by Crippen LogP contribution is -1.96. The lowest BCUT2D eigenvalue weighted by Gasteiger charge is -1.96. The van der Waals surface area contributed by atoms with E-state index < -0.39 is 0 Å². The van der Waals surface area contributed by atoms with Gasteiger partial charge in [-0.3, -0.25) is 9.78 Å². The van der Waals surface area contributed by atoms with Crippen molar-refractivity contribution in [2.45, 2.75) is 13.3 Å². The van der Waals surface area contributed by atoms with Crippen molar-refractivity contribution >= 4 is 5.78 Å². The Bertz CT molecular complexity index is 287. The molecule has 2 heteroatoms. The minimum Gasteiger partial charge on any atom is -0.293 e. The Kier molecular flexibility index (Phi) is 2.75. The van der Waals surface area contributed by atoms with E-state index in [1.807, 2.05) is 12.1 Å². The van der Waals surface area contributed by atoms with Gasteiger partial charge in [-0.05, 0) is 18.1 Å². The van der Waals surface area contributed by atoms with Crippen molar-refractivity contribution in [1.29, 1.82) is 0 Å². The summed E-state index contributed by atoms with van der Waals surface area (Å²) in [7, 11) is 0. The van der Waals surface area contributed by atoms with Gasteiger partial charge in [-0.15, -0.1) is 6.58 Å². The minimum atomic E-state index is 0.000142. The maximum Gasteiger partial charge on any atom is 0.178 e. The maximum absolute atomic E-state index is 10.8. The van der Waals surface area contributed by atoms with E-state index in [1.54, 1.807) is 12.3 Å². The molecule has 0 N–H and O–H groups in total. The van der Waals surface area contributed by atoms with Crippen LogP contribution in [0, 0.1) is 0 Å². The first kappa shape index (κ1) is 8.65. The van der Waals surface area contributed by atoms with Crippen LogP contribution in [0.15, 0.2) is 31.0 Å². The number of carbonyl (C=O) groups excluding carboxylic acids is 1. The Morgan fingerprint density at radius 1 is 1.67 bits per heavy atom. The zero-order chi connectivity index (χ0) is 8.97. The van der Waals surface area contributed by atoms with E-state index in [4.69, 9.17) is 0 Å². The summed E-state index contributed by atoms with van der Waals surface area (Å²) in [5.74, 6) is 0.000142. The average molecular weight is 161 g/mol. The molecule has 0 fully saturated rings. The highest BCUT2D eigenvalue weighted by atomic mass is 16.1. The molecule has 62 valence electrons. The molecule has 1 aromatic rings. The van der Waals surface area contributed by atoms with Crippen LogP contribution in [-0.2, 0) is 6.42 Å². The number of aromatic nitrogens is 1. The van der Waals surface area contributed by atoms with Crippen molar-refractivity contribution < 1.29 is 4.79 Å². The Morgan fingerprint density at radius 3 is 2.83 bits per heavy atom. The fourth-order valence-corrected chi connectivity index (χ4v) is 0.920. The van der Waals surface area contributed by atoms with Crippen molar-refractivity contribution in [3.05, 3.63) is 42.2 Å². The van der Waals surface area contributed by atoms with Gasteiger partial charge in [-0.25, -0.2) is 0 Å². The van der Waals surface area contributed by atoms with E-state index in [1.165, 1.54) is 6.92 Å². The number of rotatable bonds is 3. The van der Waals surface area contributed by atoms with Gasteiger partial charge in [0.05, 0.1) is 0 Å². The predicted molar refractivity (Wildman–Crippen MR) is 48.1 cm³/mol. The van der Waals surface area contributed by atoms with Gasteiger partial charge in [0.25, 0.3) is 0 Å². The second-order valence-corrected chi connectivity index (χ2v) is 2.60. The highest BCUT2D eigenvalue weighted by Gasteiger charge is 1.98. The second kappa shape index (κ2) is 3.81. The summed E-state index contributed by atoms with van der Waals surface area (Å²) >= 11 is 0. The molecule has 1 aromatic heterocycles. The molecule has 0 unspecified atom stereocenters. The van der Waals surface area contributed by atoms with Gasteiger partial charge in [0.2, 0.25) is 0 Å². The highest BCUT2D eigenvalue weighted by molar-refractivity contribution is 5.91. The van der Waals surface area contributed by atoms with Crippen molar-refractivity contribution in [1.82, 2.24) is 4.98 Å². The Labute approximate surface area is 71.9 Å². The number of Topliss-reactive ketones (excluding diaryl/α,β-unsaturated/α-hetero) is 1. The summed E-state index contributed by atoms with van der Waals surface area (Å²) in [4.78, 5) is 14.8. The molecular weight excluding hydrogens is 150 g/mol. The smallest absolute Gasteiger partial charge is 0.178 e. The van der Waals surface area contributed by atoms with Crippen molar-refractivity contribution in [3.8, 4) is 0 Å². The van der Waals surface area contributed by atoms with E-state index in [9.17, 15) is 4.79 Å². The monoisotopic (exact) mass is 161 g/mol. The molecule has 12 heavy (non-hydrogen) atoms. The van der Waals surface area contributed by atoms with Crippen LogP contribution in [0.2, 0.25) is 0 Å². The second-order valence-electron chi connectivity index (χ2n) is 2.60. The van der Waals surface area contributed by atoms with Gasteiger partial charge in [0.1, 0.15) is 5.69 Å². The maximum atomic E-state index is 10.8. The topological polar surface area (TPSA) is 30.0 Å². The summed E-state index contributed by atoms with van der Waals surface area (Å²) in [6, 6.07) is 3.63. The zero-order valence-corrected chi connectivity index (χ0v) is 7.08. The number of pyridine rings is 1. The Balaban J connectivity index is 2.85. The van der Waals surface area contributed by atoms with Gasteiger partial charge in [0.15, 0.2) is 5.78 Å². The van der Waals surface area contributed by atoms with Gasteiger partial charge in [0, 0.05) is 13.1 Å². The summed E-state index contributed by atoms with van der Waals surface area (Å²) < 4.78 is 0. The fraction of sp³-hybridized carbons (Fsp3) is 0.200. The van der Waals surface area contributed by atoms with Crippen LogP contribution in [0.4, 0.5) is 0 Å². The molecule has 1 heterocycles. The molecule has 0 aliphatic rings. The van der Waals surface area contributed by atoms with Crippen molar-refractivity contribution in [2.75, 3.05) is 0 Å². The largest absolute Gasteiger partial charge is 0.293 e. The van der Waals surface area contributed by atoms with Crippen LogP contribution in [0.5, 0.6) is 0 Å². The molecule has 0 bridgehead atoms. The van der Waals surface area contributed by atoms with Crippen molar-refractivity contribution in [2.24, 2.45) is 0 Å². The number of carbonyl (C=O) groups is 1. The highest BCUT2D eigenvalue weighted by Crippen LogP contribution is 2.01. The van der Waals surface area contributed by atoms with Crippen LogP contribution in [0.3, 0.4) is 0 Å². The molecule has 0 atom stereocenters. The van der Waals surface area contributed by atoms with E-state index in [0.29, 0.717) is 5.69 Å². The van der Waals surface area contributed by atoms with Gasteiger partial charge >= 0.3 is 0 Å². The average Bonchev–Trinajstić information content (AvgIpc) is 2.06. The normalized spacial score (nSPS) is 9.42. The van der Waals surface area contributed by atoms with Gasteiger partial charge < -0.3 is 0 Å². The van der Waals surface area contributed by atoms with E-state index in [2.05, 4.69) is 11.6 Å². The van der Waals surface area contributed by atoms with E-state index in [-0.39, 0.29) is 5.78 Å². The Morgan fingerprint density at radius 2 is 2.42 bits per heavy atom. The molecule has 0 saturated carbocycles. The number of hydrogen-bond donors (Lipinski definition) is 0. The SMILES string of the molecule is C=CCc1ccc(C(C)=O)nc1. The van der Waals surface area contributed by atoms with Crippen LogP contribution >= 0.6 is 0 Å². The van der Waals surface area contributed by atoms with E-state index >= 15 is 0 Å². The number of hydrogen-bond acceptors (Lipinski definition) is 2. The first-order chi connectivity index (χ1) is 5.74. The zero-order valence-electron chi connectivity index (χ0n) is 7.08. The summed E-state index contributed by atoms with van der Waals surface area (Å²) in [5.41, 5.74) is 1.60. The summed E-state index contributed by atoms with van der Waals surface area (Å²) in [5, 5.41) is 0. The standard InChI is InChI=1S/C10H11NO/c1-3-4-9-5-6-10(8(2)12)11-7-9/h3,5-7H,1,4H2,2H3. The molecule has 2 nitrogen and oxygen atoms in total. The quantitative estimate of drug-likeness (QED) is 0.501. The van der Waals surface area contributed by atoms with Gasteiger partial charge in [-0.1, -0.05) is 12.1 Å². The molecule has 0 aliphatic heterocycles. The van der Waals surface area contributed by atoms with Crippen LogP contribution in [-0.4, -0.2) is 10.8 Å². The third kappa shape index (κ3) is 2.02. The fourth-order valence-electron chi connectivity index (χ4n) is 0.920. The summed E-state index contributed by atoms with van der Waals surface area (Å²) in [6.07, 6.45) is 4.31. The lowest BCUT2D eigenvalue weighted by atomic mass is 10.2. The molecule has 0 aliphatic carbocycles. The predicted octanol–water partition coefficient (Wildman–Crippen LogP) is 2.01. The first-order valence-corrected chi connectivity index (χ1v) is 3.81. The van der Waals surface area contributed by atoms with Crippen molar-refractivity contribution in [3.63, 3.8) is 0 Å². The molecule has 0 radical (unpaired) electrons. The van der Waals surface area contributed by atoms with Gasteiger partial charge in [-0.2, -0.15) is 0 Å². The van der Waals surface area contributed by atoms with Crippen LogP contribution in [0.1, 0.15) is 23.0 Å². The van der Waals surface area contributed by atoms with E-state index in [0.717, 1.165) is 12.0 Å². The number of allylic oxidation sites excluding steroid dienone is 1.